The van der Waals surface area contributed by atoms with Crippen LogP contribution in [0.3, 0.4) is 0 Å². The maximum absolute atomic E-state index is 12.2. The third-order valence-corrected chi connectivity index (χ3v) is 3.28. The van der Waals surface area contributed by atoms with Crippen LogP contribution in [0.25, 0.3) is 16.6 Å². The Balaban J connectivity index is 2.06. The van der Waals surface area contributed by atoms with Gasteiger partial charge in [0, 0.05) is 18.0 Å². The van der Waals surface area contributed by atoms with Crippen LogP contribution in [0.15, 0.2) is 18.7 Å². The molecule has 2 aromatic rings. The minimum atomic E-state index is -0.873. The van der Waals surface area contributed by atoms with Crippen LogP contribution >= 0.6 is 0 Å². The monoisotopic (exact) mass is 306 g/mol. The first-order valence-corrected chi connectivity index (χ1v) is 6.38. The van der Waals surface area contributed by atoms with Gasteiger partial charge in [-0.15, -0.1) is 0 Å². The van der Waals surface area contributed by atoms with Crippen molar-refractivity contribution < 1.29 is 19.9 Å². The fourth-order valence-electron chi connectivity index (χ4n) is 2.22. The first-order valence-electron chi connectivity index (χ1n) is 6.38. The molecular weight excluding hydrogens is 292 g/mol. The number of anilines is 1. The van der Waals surface area contributed by atoms with Gasteiger partial charge in [0.1, 0.15) is 17.4 Å². The molecule has 3 rings (SSSR count). The van der Waals surface area contributed by atoms with Gasteiger partial charge in [0.15, 0.2) is 12.0 Å². The molecule has 0 saturated carbocycles. The lowest BCUT2D eigenvalue weighted by Gasteiger charge is -2.29. The average molecular weight is 306 g/mol. The van der Waals surface area contributed by atoms with Crippen molar-refractivity contribution in [1.29, 1.82) is 0 Å². The lowest BCUT2D eigenvalue weighted by atomic mass is 10.1. The molecule has 0 bridgehead atoms. The number of amides is 1. The standard InChI is InChI=1S/C12H14N6O4/c1-22-17-11-10-9(15-5-16-11)6(2-14-10)7-3-13-8(4-19)18(21)12(7)20/h2-3,5,8,13-14,19,21H,4H2,1H3,(H,15,16,17)/t8-/m1/s1. The molecule has 1 amide bonds. The summed E-state index contributed by atoms with van der Waals surface area (Å²) in [7, 11) is 1.45. The fourth-order valence-corrected chi connectivity index (χ4v) is 2.22. The minimum Gasteiger partial charge on any atom is -0.392 e. The SMILES string of the molecule is CONc1ncnc2c(C3=CN[C@@H](CO)N(O)C3=O)c[nH]c12. The van der Waals surface area contributed by atoms with Crippen LogP contribution in [-0.2, 0) is 9.63 Å². The summed E-state index contributed by atoms with van der Waals surface area (Å²) < 4.78 is 0. The number of aromatic amines is 1. The third-order valence-electron chi connectivity index (χ3n) is 3.28. The number of hydroxylamine groups is 2. The molecule has 10 heteroatoms. The Labute approximate surface area is 124 Å². The third kappa shape index (κ3) is 2.15. The van der Waals surface area contributed by atoms with E-state index < -0.39 is 18.7 Å². The molecule has 3 heterocycles. The molecule has 0 aliphatic carbocycles. The van der Waals surface area contributed by atoms with Crippen LogP contribution < -0.4 is 10.8 Å². The maximum Gasteiger partial charge on any atom is 0.281 e. The van der Waals surface area contributed by atoms with Gasteiger partial charge < -0.3 is 15.4 Å². The van der Waals surface area contributed by atoms with Crippen molar-refractivity contribution >= 4 is 28.3 Å². The van der Waals surface area contributed by atoms with Crippen molar-refractivity contribution in [1.82, 2.24) is 25.3 Å². The van der Waals surface area contributed by atoms with E-state index in [1.54, 1.807) is 6.20 Å². The van der Waals surface area contributed by atoms with Crippen molar-refractivity contribution in [3.63, 3.8) is 0 Å². The molecular formula is C12H14N6O4. The van der Waals surface area contributed by atoms with Gasteiger partial charge in [0.25, 0.3) is 5.91 Å². The van der Waals surface area contributed by atoms with Gasteiger partial charge in [-0.05, 0) is 0 Å². The minimum absolute atomic E-state index is 0.209. The number of aromatic nitrogens is 3. The largest absolute Gasteiger partial charge is 0.392 e. The number of carbonyl (C=O) groups excluding carboxylic acids is 1. The van der Waals surface area contributed by atoms with Crippen molar-refractivity contribution in [2.24, 2.45) is 0 Å². The topological polar surface area (TPSA) is 136 Å². The van der Waals surface area contributed by atoms with E-state index in [0.717, 1.165) is 0 Å². The zero-order valence-corrected chi connectivity index (χ0v) is 11.6. The van der Waals surface area contributed by atoms with Crippen LogP contribution in [0.4, 0.5) is 5.82 Å². The van der Waals surface area contributed by atoms with Gasteiger partial charge in [0.05, 0.1) is 19.3 Å². The predicted molar refractivity (Wildman–Crippen MR) is 75.1 cm³/mol. The zero-order chi connectivity index (χ0) is 15.7. The molecule has 116 valence electrons. The number of H-pyrrole nitrogens is 1. The Kier molecular flexibility index (Phi) is 3.63. The predicted octanol–water partition coefficient (Wildman–Crippen LogP) is -0.589. The summed E-state index contributed by atoms with van der Waals surface area (Å²) in [4.78, 5) is 28.2. The van der Waals surface area contributed by atoms with Crippen LogP contribution in [-0.4, -0.2) is 56.1 Å². The molecule has 0 fully saturated rings. The lowest BCUT2D eigenvalue weighted by molar-refractivity contribution is -0.176. The van der Waals surface area contributed by atoms with Crippen LogP contribution in [0.2, 0.25) is 0 Å². The summed E-state index contributed by atoms with van der Waals surface area (Å²) in [6, 6.07) is 0. The van der Waals surface area contributed by atoms with Crippen LogP contribution in [0.5, 0.6) is 0 Å². The molecule has 0 aromatic carbocycles. The zero-order valence-electron chi connectivity index (χ0n) is 11.6. The Morgan fingerprint density at radius 1 is 1.50 bits per heavy atom. The van der Waals surface area contributed by atoms with Gasteiger partial charge in [-0.1, -0.05) is 0 Å². The number of fused-ring (bicyclic) bond motifs is 1. The molecule has 0 saturated heterocycles. The van der Waals surface area contributed by atoms with Gasteiger partial charge in [-0.2, -0.15) is 5.06 Å². The highest BCUT2D eigenvalue weighted by molar-refractivity contribution is 6.22. The Morgan fingerprint density at radius 3 is 3.05 bits per heavy atom. The van der Waals surface area contributed by atoms with Crippen molar-refractivity contribution in [2.75, 3.05) is 19.2 Å². The molecule has 2 aromatic heterocycles. The maximum atomic E-state index is 12.2. The fraction of sp³-hybridized carbons (Fsp3) is 0.250. The summed E-state index contributed by atoms with van der Waals surface area (Å²) in [6.45, 7) is -0.413. The number of nitrogens with zero attached hydrogens (tertiary/aromatic N) is 3. The highest BCUT2D eigenvalue weighted by Crippen LogP contribution is 2.28. The smallest absolute Gasteiger partial charge is 0.281 e. The van der Waals surface area contributed by atoms with Crippen molar-refractivity contribution in [2.45, 2.75) is 6.17 Å². The molecule has 0 spiro atoms. The van der Waals surface area contributed by atoms with Gasteiger partial charge >= 0.3 is 0 Å². The second-order valence-electron chi connectivity index (χ2n) is 4.53. The molecule has 1 aliphatic rings. The summed E-state index contributed by atoms with van der Waals surface area (Å²) in [5.41, 5.74) is 4.36. The number of nitrogens with one attached hydrogen (secondary N) is 3. The summed E-state index contributed by atoms with van der Waals surface area (Å²) in [5, 5.41) is 22.0. The normalized spacial score (nSPS) is 18.3. The van der Waals surface area contributed by atoms with E-state index in [-0.39, 0.29) is 5.57 Å². The van der Waals surface area contributed by atoms with Gasteiger partial charge in [-0.3, -0.25) is 14.8 Å². The van der Waals surface area contributed by atoms with Gasteiger partial charge in [-0.25, -0.2) is 15.4 Å². The van der Waals surface area contributed by atoms with E-state index in [2.05, 4.69) is 25.7 Å². The first-order chi connectivity index (χ1) is 10.7. The van der Waals surface area contributed by atoms with Crippen molar-refractivity contribution in [3.8, 4) is 0 Å². The first kappa shape index (κ1) is 14.3. The molecule has 1 atom stereocenters. The van der Waals surface area contributed by atoms with E-state index in [4.69, 9.17) is 9.94 Å². The molecule has 0 unspecified atom stereocenters. The molecule has 22 heavy (non-hydrogen) atoms. The van der Waals surface area contributed by atoms with E-state index in [9.17, 15) is 10.0 Å². The number of hydrogen-bond acceptors (Lipinski definition) is 8. The Hall–Kier alpha value is -2.69. The average Bonchev–Trinajstić information content (AvgIpc) is 2.95. The number of aliphatic hydroxyl groups is 1. The summed E-state index contributed by atoms with van der Waals surface area (Å²) in [6.07, 6.45) is 3.47. The van der Waals surface area contributed by atoms with Crippen LogP contribution in [0, 0.1) is 0 Å². The highest BCUT2D eigenvalue weighted by atomic mass is 16.6. The number of rotatable bonds is 4. The molecule has 1 aliphatic heterocycles. The lowest BCUT2D eigenvalue weighted by Crippen LogP contribution is -2.51. The quantitative estimate of drug-likeness (QED) is 0.373. The summed E-state index contributed by atoms with van der Waals surface area (Å²) in [5.74, 6) is -0.219. The highest BCUT2D eigenvalue weighted by Gasteiger charge is 2.30. The van der Waals surface area contributed by atoms with E-state index in [0.29, 0.717) is 27.5 Å². The molecule has 10 nitrogen and oxygen atoms in total. The number of hydrogen-bond donors (Lipinski definition) is 5. The van der Waals surface area contributed by atoms with E-state index in [1.165, 1.54) is 19.6 Å². The number of carbonyl (C=O) groups is 1. The Morgan fingerprint density at radius 2 is 2.32 bits per heavy atom. The Bertz CT molecular complexity index is 742. The second kappa shape index (κ2) is 5.60. The number of aliphatic hydroxyl groups excluding tert-OH is 1. The van der Waals surface area contributed by atoms with Crippen molar-refractivity contribution in [3.05, 3.63) is 24.3 Å². The summed E-state index contributed by atoms with van der Waals surface area (Å²) >= 11 is 0. The van der Waals surface area contributed by atoms with E-state index in [1.807, 2.05) is 0 Å². The van der Waals surface area contributed by atoms with E-state index >= 15 is 0 Å². The van der Waals surface area contributed by atoms with Gasteiger partial charge in [0.2, 0.25) is 0 Å². The molecule has 0 radical (unpaired) electrons. The van der Waals surface area contributed by atoms with Crippen LogP contribution in [0.1, 0.15) is 5.56 Å². The second-order valence-corrected chi connectivity index (χ2v) is 4.53. The molecule has 5 N–H and O–H groups in total.